The number of alkyl halides is 3. The predicted molar refractivity (Wildman–Crippen MR) is 140 cm³/mol. The van der Waals surface area contributed by atoms with Crippen molar-refractivity contribution < 1.29 is 35.9 Å². The van der Waals surface area contributed by atoms with E-state index in [1.165, 1.54) is 37.3 Å². The molecule has 4 aromatic carbocycles. The van der Waals surface area contributed by atoms with Crippen LogP contribution in [0.15, 0.2) is 108 Å². The van der Waals surface area contributed by atoms with Crippen molar-refractivity contribution in [2.75, 3.05) is 13.7 Å². The van der Waals surface area contributed by atoms with E-state index in [1.807, 2.05) is 12.1 Å². The molecular weight excluding hydrogens is 531 g/mol. The van der Waals surface area contributed by atoms with E-state index in [0.29, 0.717) is 10.9 Å². The minimum Gasteiger partial charge on any atom is -0.461 e. The van der Waals surface area contributed by atoms with Crippen LogP contribution in [0.2, 0.25) is 0 Å². The first kappa shape index (κ1) is 28.3. The first-order valence-electron chi connectivity index (χ1n) is 11.9. The summed E-state index contributed by atoms with van der Waals surface area (Å²) < 4.78 is 82.6. The van der Waals surface area contributed by atoms with Crippen LogP contribution >= 0.6 is 0 Å². The Bertz CT molecular complexity index is 1560. The number of halogens is 3. The first-order chi connectivity index (χ1) is 18.4. The highest BCUT2D eigenvalue weighted by Gasteiger charge is 2.64. The lowest BCUT2D eigenvalue weighted by molar-refractivity contribution is -0.277. The van der Waals surface area contributed by atoms with Gasteiger partial charge >= 0.3 is 12.1 Å². The minimum atomic E-state index is -5.17. The second kappa shape index (κ2) is 10.8. The van der Waals surface area contributed by atoms with Gasteiger partial charge in [-0.25, -0.2) is 13.2 Å². The molecule has 4 rings (SSSR count). The number of esters is 1. The molecule has 0 saturated heterocycles. The monoisotopic (exact) mass is 557 g/mol. The van der Waals surface area contributed by atoms with E-state index in [0.717, 1.165) is 24.6 Å². The summed E-state index contributed by atoms with van der Waals surface area (Å²) >= 11 is 0. The molecule has 0 saturated carbocycles. The van der Waals surface area contributed by atoms with E-state index >= 15 is 0 Å². The van der Waals surface area contributed by atoms with Gasteiger partial charge < -0.3 is 9.47 Å². The molecule has 1 N–H and O–H groups in total. The highest BCUT2D eigenvalue weighted by atomic mass is 32.2. The zero-order valence-corrected chi connectivity index (χ0v) is 21.9. The number of fused-ring (bicyclic) bond motifs is 1. The van der Waals surface area contributed by atoms with Crippen LogP contribution in [0, 0.1) is 0 Å². The molecule has 0 bridgehead atoms. The molecule has 0 amide bonds. The first-order valence-corrected chi connectivity index (χ1v) is 13.3. The van der Waals surface area contributed by atoms with Crippen molar-refractivity contribution in [3.8, 4) is 0 Å². The molecule has 0 fully saturated rings. The third kappa shape index (κ3) is 5.54. The van der Waals surface area contributed by atoms with Gasteiger partial charge in [-0.3, -0.25) is 0 Å². The normalized spacial score (nSPS) is 15.3. The molecule has 10 heteroatoms. The largest absolute Gasteiger partial charge is 0.461 e. The lowest BCUT2D eigenvalue weighted by atomic mass is 9.92. The number of hydrogen-bond donors (Lipinski definition) is 1. The Labute approximate surface area is 224 Å². The van der Waals surface area contributed by atoms with Crippen LogP contribution in [0.1, 0.15) is 18.1 Å². The molecule has 0 aliphatic heterocycles. The van der Waals surface area contributed by atoms with Gasteiger partial charge in [-0.05, 0) is 35.4 Å². The van der Waals surface area contributed by atoms with Gasteiger partial charge in [0.15, 0.2) is 0 Å². The highest BCUT2D eigenvalue weighted by Crippen LogP contribution is 2.43. The molecule has 0 aliphatic carbocycles. The zero-order chi connectivity index (χ0) is 28.3. The average molecular weight is 558 g/mol. The van der Waals surface area contributed by atoms with E-state index in [-0.39, 0.29) is 4.90 Å². The summed E-state index contributed by atoms with van der Waals surface area (Å²) in [4.78, 5) is 13.1. The van der Waals surface area contributed by atoms with Crippen molar-refractivity contribution in [3.05, 3.63) is 114 Å². The van der Waals surface area contributed by atoms with Crippen molar-refractivity contribution >= 4 is 26.8 Å². The number of sulfonamides is 1. The summed E-state index contributed by atoms with van der Waals surface area (Å²) in [6.07, 6.45) is -5.17. The second-order valence-corrected chi connectivity index (χ2v) is 10.8. The molecule has 2 atom stereocenters. The fraction of sp³-hybridized carbons (Fsp3) is 0.207. The Morgan fingerprint density at radius 3 is 1.90 bits per heavy atom. The molecule has 6 nitrogen and oxygen atoms in total. The standard InChI is InChI=1S/C29H26F3NO5S/c1-27(23-13-5-3-6-14-23,33-39(35,36)25-18-17-21-11-9-10-12-22(21)19-25)20-38-26(34)28(37-2,29(30,31)32)24-15-7-4-8-16-24/h3-19,33H,20H2,1-2H3/t27?,28-/m0/s1. The number of rotatable bonds is 9. The van der Waals surface area contributed by atoms with Crippen molar-refractivity contribution in [2.24, 2.45) is 0 Å². The summed E-state index contributed by atoms with van der Waals surface area (Å²) in [7, 11) is -3.46. The highest BCUT2D eigenvalue weighted by molar-refractivity contribution is 7.89. The lowest BCUT2D eigenvalue weighted by Gasteiger charge is -2.35. The number of nitrogens with one attached hydrogen (secondary N) is 1. The minimum absolute atomic E-state index is 0.0551. The molecule has 0 spiro atoms. The molecule has 1 unspecified atom stereocenters. The van der Waals surface area contributed by atoms with Crippen molar-refractivity contribution in [1.29, 1.82) is 0 Å². The molecule has 0 aliphatic rings. The Hall–Kier alpha value is -3.73. The lowest BCUT2D eigenvalue weighted by Crippen LogP contribution is -2.54. The molecular formula is C29H26F3NO5S. The quantitative estimate of drug-likeness (QED) is 0.268. The fourth-order valence-corrected chi connectivity index (χ4v) is 5.78. The third-order valence-corrected chi connectivity index (χ3v) is 8.06. The van der Waals surface area contributed by atoms with Gasteiger partial charge in [0.25, 0.3) is 5.60 Å². The van der Waals surface area contributed by atoms with E-state index in [4.69, 9.17) is 9.47 Å². The maximum Gasteiger partial charge on any atom is 0.432 e. The van der Waals surface area contributed by atoms with Gasteiger partial charge in [0.1, 0.15) is 6.61 Å². The summed E-state index contributed by atoms with van der Waals surface area (Å²) in [5.41, 5.74) is -5.15. The van der Waals surface area contributed by atoms with Gasteiger partial charge in [0.05, 0.1) is 10.4 Å². The molecule has 0 aromatic heterocycles. The Kier molecular flexibility index (Phi) is 7.83. The van der Waals surface area contributed by atoms with Crippen LogP contribution in [0.5, 0.6) is 0 Å². The third-order valence-electron chi connectivity index (χ3n) is 6.47. The molecule has 0 radical (unpaired) electrons. The summed E-state index contributed by atoms with van der Waals surface area (Å²) in [6, 6.07) is 26.3. The topological polar surface area (TPSA) is 81.7 Å². The molecule has 204 valence electrons. The molecule has 0 heterocycles. The molecule has 39 heavy (non-hydrogen) atoms. The van der Waals surface area contributed by atoms with Crippen molar-refractivity contribution in [1.82, 2.24) is 4.72 Å². The van der Waals surface area contributed by atoms with Gasteiger partial charge in [-0.1, -0.05) is 91.0 Å². The number of benzene rings is 4. The maximum atomic E-state index is 14.3. The van der Waals surface area contributed by atoms with Crippen LogP contribution in [0.4, 0.5) is 13.2 Å². The Morgan fingerprint density at radius 1 is 0.795 bits per heavy atom. The van der Waals surface area contributed by atoms with E-state index in [2.05, 4.69) is 4.72 Å². The summed E-state index contributed by atoms with van der Waals surface area (Å²) in [6.45, 7) is 0.676. The van der Waals surface area contributed by atoms with Crippen LogP contribution in [0.3, 0.4) is 0 Å². The summed E-state index contributed by atoms with van der Waals surface area (Å²) in [5.74, 6) is -1.73. The number of carbonyl (C=O) groups excluding carboxylic acids is 1. The number of carbonyl (C=O) groups is 1. The van der Waals surface area contributed by atoms with E-state index in [1.54, 1.807) is 48.5 Å². The summed E-state index contributed by atoms with van der Waals surface area (Å²) in [5, 5.41) is 1.52. The van der Waals surface area contributed by atoms with Crippen molar-refractivity contribution in [3.63, 3.8) is 0 Å². The van der Waals surface area contributed by atoms with Gasteiger partial charge in [-0.15, -0.1) is 0 Å². The fourth-order valence-electron chi connectivity index (χ4n) is 4.37. The van der Waals surface area contributed by atoms with Gasteiger partial charge in [0.2, 0.25) is 10.0 Å². The predicted octanol–water partition coefficient (Wildman–Crippen LogP) is 5.68. The van der Waals surface area contributed by atoms with Crippen LogP contribution in [-0.4, -0.2) is 34.3 Å². The average Bonchev–Trinajstić information content (AvgIpc) is 2.92. The molecule has 4 aromatic rings. The van der Waals surface area contributed by atoms with Crippen molar-refractivity contribution in [2.45, 2.75) is 29.1 Å². The van der Waals surface area contributed by atoms with Gasteiger partial charge in [-0.2, -0.15) is 17.9 Å². The Balaban J connectivity index is 1.70. The zero-order valence-electron chi connectivity index (χ0n) is 21.1. The number of methoxy groups -OCH3 is 1. The number of ether oxygens (including phenoxy) is 2. The number of hydrogen-bond acceptors (Lipinski definition) is 5. The smallest absolute Gasteiger partial charge is 0.432 e. The Morgan fingerprint density at radius 2 is 1.33 bits per heavy atom. The van der Waals surface area contributed by atoms with Crippen LogP contribution < -0.4 is 4.72 Å². The maximum absolute atomic E-state index is 14.3. The van der Waals surface area contributed by atoms with E-state index in [9.17, 15) is 26.4 Å². The second-order valence-electron chi connectivity index (χ2n) is 9.14. The van der Waals surface area contributed by atoms with Gasteiger partial charge in [0, 0.05) is 12.7 Å². The van der Waals surface area contributed by atoms with Crippen LogP contribution in [0.25, 0.3) is 10.8 Å². The SMILES string of the molecule is CO[C@](C(=O)OCC(C)(NS(=O)(=O)c1ccc2ccccc2c1)c1ccccc1)(c1ccccc1)C(F)(F)F. The van der Waals surface area contributed by atoms with E-state index < -0.39 is 45.5 Å². The van der Waals surface area contributed by atoms with Crippen LogP contribution in [-0.2, 0) is 35.4 Å².